The molecule has 2 atom stereocenters. The van der Waals surface area contributed by atoms with Crippen molar-refractivity contribution < 1.29 is 4.74 Å². The molecule has 136 valence electrons. The fraction of sp³-hybridized carbons (Fsp3) is 0.400. The van der Waals surface area contributed by atoms with Crippen LogP contribution in [0.25, 0.3) is 0 Å². The van der Waals surface area contributed by atoms with Crippen molar-refractivity contribution in [3.8, 4) is 5.75 Å². The lowest BCUT2D eigenvalue weighted by Gasteiger charge is -2.43. The van der Waals surface area contributed by atoms with Gasteiger partial charge in [0.05, 0.1) is 6.61 Å². The molecule has 2 bridgehead atoms. The highest BCUT2D eigenvalue weighted by Crippen LogP contribution is 2.35. The topological polar surface area (TPSA) is 46.5 Å². The Balaban J connectivity index is 1.46. The molecule has 2 aromatic rings. The Morgan fingerprint density at radius 3 is 2.77 bits per heavy atom. The minimum Gasteiger partial charge on any atom is -0.494 e. The predicted molar refractivity (Wildman–Crippen MR) is 107 cm³/mol. The number of ether oxygens (including phenoxy) is 1. The quantitative estimate of drug-likeness (QED) is 0.843. The van der Waals surface area contributed by atoms with Gasteiger partial charge in [0.2, 0.25) is 0 Å². The fourth-order valence-electron chi connectivity index (χ4n) is 4.07. The molecule has 2 aliphatic rings. The van der Waals surface area contributed by atoms with E-state index in [1.54, 1.807) is 6.07 Å². The normalized spacial score (nSPS) is 21.0. The van der Waals surface area contributed by atoms with Crippen molar-refractivity contribution in [2.24, 2.45) is 5.92 Å². The summed E-state index contributed by atoms with van der Waals surface area (Å²) in [6.45, 7) is 5.16. The molecule has 0 aliphatic carbocycles. The molecule has 1 saturated heterocycles. The van der Waals surface area contributed by atoms with Crippen LogP contribution in [0.4, 0.5) is 5.69 Å². The second-order valence-electron chi connectivity index (χ2n) is 6.99. The number of piperidine rings is 1. The maximum absolute atomic E-state index is 12.1. The Morgan fingerprint density at radius 1 is 1.19 bits per heavy atom. The zero-order chi connectivity index (χ0) is 18.1. The van der Waals surface area contributed by atoms with Crippen molar-refractivity contribution in [1.29, 1.82) is 0 Å². The van der Waals surface area contributed by atoms with Gasteiger partial charge >= 0.3 is 0 Å². The van der Waals surface area contributed by atoms with Gasteiger partial charge in [-0.25, -0.2) is 0 Å². The van der Waals surface area contributed by atoms with Crippen LogP contribution in [0.15, 0.2) is 47.3 Å². The van der Waals surface area contributed by atoms with E-state index in [4.69, 9.17) is 17.0 Å². The van der Waals surface area contributed by atoms with E-state index in [-0.39, 0.29) is 5.56 Å². The first-order valence-electron chi connectivity index (χ1n) is 9.12. The molecule has 0 radical (unpaired) electrons. The highest BCUT2D eigenvalue weighted by atomic mass is 32.1. The van der Waals surface area contributed by atoms with E-state index in [9.17, 15) is 4.79 Å². The molecule has 4 rings (SSSR count). The zero-order valence-corrected chi connectivity index (χ0v) is 15.7. The van der Waals surface area contributed by atoms with E-state index in [0.29, 0.717) is 18.4 Å². The van der Waals surface area contributed by atoms with Gasteiger partial charge in [0.15, 0.2) is 5.11 Å². The van der Waals surface area contributed by atoms with Gasteiger partial charge in [-0.3, -0.25) is 4.79 Å². The molecule has 1 fully saturated rings. The van der Waals surface area contributed by atoms with E-state index in [1.165, 1.54) is 0 Å². The maximum atomic E-state index is 12.1. The summed E-state index contributed by atoms with van der Waals surface area (Å²) in [6, 6.07) is 13.5. The summed E-state index contributed by atoms with van der Waals surface area (Å²) >= 11 is 5.66. The first-order chi connectivity index (χ1) is 12.6. The number of anilines is 1. The predicted octanol–water partition coefficient (Wildman–Crippen LogP) is 3.06. The number of benzene rings is 1. The Labute approximate surface area is 158 Å². The molecule has 0 saturated carbocycles. The minimum absolute atomic E-state index is 0.112. The van der Waals surface area contributed by atoms with Gasteiger partial charge in [0.25, 0.3) is 5.56 Å². The van der Waals surface area contributed by atoms with Crippen molar-refractivity contribution in [3.05, 3.63) is 58.5 Å². The lowest BCUT2D eigenvalue weighted by Crippen LogP contribution is -2.50. The van der Waals surface area contributed by atoms with Crippen LogP contribution in [0.5, 0.6) is 5.75 Å². The molecule has 5 nitrogen and oxygen atoms in total. The van der Waals surface area contributed by atoms with E-state index >= 15 is 0 Å². The van der Waals surface area contributed by atoms with Gasteiger partial charge < -0.3 is 19.5 Å². The average molecular weight is 369 g/mol. The maximum Gasteiger partial charge on any atom is 0.250 e. The van der Waals surface area contributed by atoms with Gasteiger partial charge in [-0.2, -0.15) is 0 Å². The van der Waals surface area contributed by atoms with Crippen molar-refractivity contribution in [2.75, 3.05) is 25.0 Å². The van der Waals surface area contributed by atoms with Crippen LogP contribution >= 0.6 is 12.2 Å². The molecular weight excluding hydrogens is 346 g/mol. The monoisotopic (exact) mass is 369 g/mol. The smallest absolute Gasteiger partial charge is 0.250 e. The Bertz CT molecular complexity index is 862. The number of fused-ring (bicyclic) bond motifs is 4. The molecule has 6 heteroatoms. The molecule has 0 unspecified atom stereocenters. The highest BCUT2D eigenvalue weighted by Gasteiger charge is 2.35. The second kappa shape index (κ2) is 7.11. The molecule has 2 aliphatic heterocycles. The number of pyridine rings is 1. The van der Waals surface area contributed by atoms with Gasteiger partial charge in [0, 0.05) is 43.0 Å². The van der Waals surface area contributed by atoms with Crippen LogP contribution in [0.2, 0.25) is 0 Å². The standard InChI is InChI=1S/C20H23N3O2S/c1-2-25-17-8-6-16(7-9-17)21-20(26)22-11-14-10-15(13-22)18-4-3-5-19(24)23(18)12-14/h3-9,14-15H,2,10-13H2,1H3,(H,21,26)/t14-,15-/m0/s1. The number of thiocarbonyl (C=S) groups is 1. The van der Waals surface area contributed by atoms with E-state index in [1.807, 2.05) is 41.8 Å². The first kappa shape index (κ1) is 17.1. The molecule has 1 aromatic carbocycles. The van der Waals surface area contributed by atoms with Gasteiger partial charge in [-0.15, -0.1) is 0 Å². The number of likely N-dealkylation sites (tertiary alicyclic amines) is 1. The summed E-state index contributed by atoms with van der Waals surface area (Å²) in [5.74, 6) is 1.68. The molecule has 1 aromatic heterocycles. The number of hydrogen-bond donors (Lipinski definition) is 1. The number of aromatic nitrogens is 1. The van der Waals surface area contributed by atoms with Crippen molar-refractivity contribution >= 4 is 23.0 Å². The summed E-state index contributed by atoms with van der Waals surface area (Å²) in [6.07, 6.45) is 1.13. The third-order valence-corrected chi connectivity index (χ3v) is 5.54. The van der Waals surface area contributed by atoms with Crippen LogP contribution in [-0.2, 0) is 6.54 Å². The average Bonchev–Trinajstić information content (AvgIpc) is 2.64. The van der Waals surface area contributed by atoms with Gasteiger partial charge in [-0.05, 0) is 61.8 Å². The molecule has 3 heterocycles. The van der Waals surface area contributed by atoms with E-state index in [2.05, 4.69) is 16.3 Å². The fourth-order valence-corrected chi connectivity index (χ4v) is 4.33. The Morgan fingerprint density at radius 2 is 2.00 bits per heavy atom. The van der Waals surface area contributed by atoms with Crippen molar-refractivity contribution in [2.45, 2.75) is 25.8 Å². The van der Waals surface area contributed by atoms with E-state index in [0.717, 1.165) is 48.3 Å². The first-order valence-corrected chi connectivity index (χ1v) is 9.53. The summed E-state index contributed by atoms with van der Waals surface area (Å²) in [7, 11) is 0. The third-order valence-electron chi connectivity index (χ3n) is 5.18. The van der Waals surface area contributed by atoms with E-state index < -0.39 is 0 Å². The van der Waals surface area contributed by atoms with Gasteiger partial charge in [-0.1, -0.05) is 6.07 Å². The molecule has 0 spiro atoms. The molecule has 26 heavy (non-hydrogen) atoms. The number of nitrogens with zero attached hydrogens (tertiary/aromatic N) is 2. The van der Waals surface area contributed by atoms with Gasteiger partial charge in [0.1, 0.15) is 5.75 Å². The van der Waals surface area contributed by atoms with Crippen LogP contribution in [0.1, 0.15) is 25.0 Å². The van der Waals surface area contributed by atoms with Crippen molar-refractivity contribution in [3.63, 3.8) is 0 Å². The van der Waals surface area contributed by atoms with Crippen LogP contribution in [0, 0.1) is 5.92 Å². The summed E-state index contributed by atoms with van der Waals surface area (Å²) in [5.41, 5.74) is 2.22. The number of hydrogen-bond acceptors (Lipinski definition) is 3. The largest absolute Gasteiger partial charge is 0.494 e. The number of rotatable bonds is 3. The number of nitrogens with one attached hydrogen (secondary N) is 1. The summed E-state index contributed by atoms with van der Waals surface area (Å²) in [4.78, 5) is 14.4. The molecule has 1 N–H and O–H groups in total. The summed E-state index contributed by atoms with van der Waals surface area (Å²) in [5, 5.41) is 4.08. The minimum atomic E-state index is 0.112. The van der Waals surface area contributed by atoms with Crippen LogP contribution in [-0.4, -0.2) is 34.3 Å². The van der Waals surface area contributed by atoms with Crippen LogP contribution < -0.4 is 15.6 Å². The Hall–Kier alpha value is -2.34. The third kappa shape index (κ3) is 3.33. The highest BCUT2D eigenvalue weighted by molar-refractivity contribution is 7.80. The SMILES string of the molecule is CCOc1ccc(NC(=S)N2C[C@@H]3C[C@@H](C2)c2cccc(=O)n2C3)cc1. The zero-order valence-electron chi connectivity index (χ0n) is 14.9. The lowest BCUT2D eigenvalue weighted by atomic mass is 9.83. The second-order valence-corrected chi connectivity index (χ2v) is 7.38. The van der Waals surface area contributed by atoms with Crippen LogP contribution in [0.3, 0.4) is 0 Å². The summed E-state index contributed by atoms with van der Waals surface area (Å²) < 4.78 is 7.42. The molecular formula is C20H23N3O2S. The van der Waals surface area contributed by atoms with Crippen molar-refractivity contribution in [1.82, 2.24) is 9.47 Å². The molecule has 0 amide bonds. The Kier molecular flexibility index (Phi) is 4.68. The lowest BCUT2D eigenvalue weighted by molar-refractivity contribution is 0.180.